The van der Waals surface area contributed by atoms with Gasteiger partial charge in [0, 0.05) is 23.4 Å². The molecule has 1 rings (SSSR count). The van der Waals surface area contributed by atoms with E-state index in [-0.39, 0.29) is 25.6 Å². The van der Waals surface area contributed by atoms with E-state index in [1.807, 2.05) is 13.8 Å². The van der Waals surface area contributed by atoms with E-state index in [1.54, 1.807) is 38.1 Å². The molecule has 0 radical (unpaired) electrons. The van der Waals surface area contributed by atoms with Gasteiger partial charge in [-0.05, 0) is 56.7 Å². The van der Waals surface area contributed by atoms with Gasteiger partial charge in [0.25, 0.3) is 0 Å². The molecule has 0 bridgehead atoms. The molecule has 1 atom stereocenters. The lowest BCUT2D eigenvalue weighted by Gasteiger charge is -2.25. The van der Waals surface area contributed by atoms with Crippen LogP contribution in [0.2, 0.25) is 5.02 Å². The zero-order valence-electron chi connectivity index (χ0n) is 19.0. The fourth-order valence-corrected chi connectivity index (χ4v) is 3.41. The first-order chi connectivity index (χ1) is 14.5. The predicted octanol–water partition coefficient (Wildman–Crippen LogP) is 6.40. The van der Waals surface area contributed by atoms with Crippen LogP contribution in [0.15, 0.2) is 35.4 Å². The number of carbonyl (C=O) groups excluding carboxylic acids is 2. The lowest BCUT2D eigenvalue weighted by atomic mass is 9.83. The molecule has 0 amide bonds. The Labute approximate surface area is 188 Å². The molecule has 1 aromatic rings. The van der Waals surface area contributed by atoms with Gasteiger partial charge in [-0.3, -0.25) is 0 Å². The number of carbonyl (C=O) groups is 2. The van der Waals surface area contributed by atoms with E-state index < -0.39 is 30.2 Å². The number of halogens is 3. The largest absolute Gasteiger partial charge is 0.463 e. The lowest BCUT2D eigenvalue weighted by molar-refractivity contribution is -0.173. The van der Waals surface area contributed by atoms with Crippen LogP contribution in [0.1, 0.15) is 59.4 Å². The number of hydrogen-bond donors (Lipinski definition) is 0. The van der Waals surface area contributed by atoms with E-state index in [0.717, 1.165) is 5.56 Å². The second-order valence-electron chi connectivity index (χ2n) is 7.98. The van der Waals surface area contributed by atoms with E-state index in [1.165, 1.54) is 6.92 Å². The molecule has 0 spiro atoms. The summed E-state index contributed by atoms with van der Waals surface area (Å²) in [6.07, 6.45) is 0.610. The van der Waals surface area contributed by atoms with Gasteiger partial charge in [0.2, 0.25) is 0 Å². The molecular weight excluding hydrogens is 426 g/mol. The van der Waals surface area contributed by atoms with Gasteiger partial charge in [0.1, 0.15) is 0 Å². The van der Waals surface area contributed by atoms with Crippen LogP contribution in [0.5, 0.6) is 0 Å². The second kappa shape index (κ2) is 12.8. The maximum absolute atomic E-state index is 14.6. The number of ether oxygens (including phenoxy) is 2. The van der Waals surface area contributed by atoms with Crippen LogP contribution >= 0.6 is 11.6 Å². The van der Waals surface area contributed by atoms with Gasteiger partial charge in [-0.15, -0.1) is 0 Å². The Balaban J connectivity index is 3.34. The summed E-state index contributed by atoms with van der Waals surface area (Å²) >= 11 is 5.94. The molecule has 0 saturated carbocycles. The summed E-state index contributed by atoms with van der Waals surface area (Å²) in [6.45, 7) is 8.91. The topological polar surface area (TPSA) is 52.6 Å². The van der Waals surface area contributed by atoms with Crippen molar-refractivity contribution in [3.63, 3.8) is 0 Å². The Morgan fingerprint density at radius 3 is 2.13 bits per heavy atom. The molecule has 0 fully saturated rings. The number of benzene rings is 1. The van der Waals surface area contributed by atoms with Crippen molar-refractivity contribution in [2.45, 2.75) is 66.2 Å². The molecule has 7 heteroatoms. The van der Waals surface area contributed by atoms with Crippen LogP contribution in [0, 0.1) is 11.8 Å². The molecule has 0 aliphatic rings. The standard InChI is InChI=1S/C24H33ClF2O4/c1-6-30-22(28)21(14-18-9-12-20(25)13-10-18)17(5)19(11-8-16(3)4)15-24(26,27)23(29)31-7-2/h9-10,12-13,16,19H,6-8,11,14-15H2,1-5H3/b21-17-. The van der Waals surface area contributed by atoms with Crippen molar-refractivity contribution in [2.24, 2.45) is 11.8 Å². The van der Waals surface area contributed by atoms with Gasteiger partial charge in [-0.1, -0.05) is 49.6 Å². The Morgan fingerprint density at radius 2 is 1.61 bits per heavy atom. The van der Waals surface area contributed by atoms with Crippen molar-refractivity contribution < 1.29 is 27.8 Å². The molecular formula is C24H33ClF2O4. The van der Waals surface area contributed by atoms with E-state index in [0.29, 0.717) is 29.0 Å². The third-order valence-corrected chi connectivity index (χ3v) is 5.33. The van der Waals surface area contributed by atoms with Crippen molar-refractivity contribution in [1.82, 2.24) is 0 Å². The number of alkyl halides is 2. The number of rotatable bonds is 12. The first-order valence-electron chi connectivity index (χ1n) is 10.7. The highest BCUT2D eigenvalue weighted by Gasteiger charge is 2.43. The highest BCUT2D eigenvalue weighted by Crippen LogP contribution is 2.35. The normalized spacial score (nSPS) is 13.6. The van der Waals surface area contributed by atoms with Gasteiger partial charge < -0.3 is 9.47 Å². The van der Waals surface area contributed by atoms with Gasteiger partial charge in [0.05, 0.1) is 13.2 Å². The predicted molar refractivity (Wildman–Crippen MR) is 118 cm³/mol. The highest BCUT2D eigenvalue weighted by atomic mass is 35.5. The smallest absolute Gasteiger partial charge is 0.376 e. The van der Waals surface area contributed by atoms with Crippen LogP contribution in [0.3, 0.4) is 0 Å². The zero-order chi connectivity index (χ0) is 23.6. The third kappa shape index (κ3) is 8.98. The fraction of sp³-hybridized carbons (Fsp3) is 0.583. The molecule has 4 nitrogen and oxygen atoms in total. The molecule has 0 heterocycles. The number of hydrogen-bond acceptors (Lipinski definition) is 4. The quantitative estimate of drug-likeness (QED) is 0.268. The summed E-state index contributed by atoms with van der Waals surface area (Å²) in [7, 11) is 0. The molecule has 1 unspecified atom stereocenters. The zero-order valence-corrected chi connectivity index (χ0v) is 19.7. The van der Waals surface area contributed by atoms with Crippen molar-refractivity contribution in [3.05, 3.63) is 46.0 Å². The average molecular weight is 459 g/mol. The molecule has 0 aromatic heterocycles. The Hall–Kier alpha value is -1.95. The van der Waals surface area contributed by atoms with Crippen molar-refractivity contribution in [1.29, 1.82) is 0 Å². The summed E-state index contributed by atoms with van der Waals surface area (Å²) in [5.41, 5.74) is 1.65. The number of allylic oxidation sites excluding steroid dienone is 1. The van der Waals surface area contributed by atoms with Crippen molar-refractivity contribution in [3.8, 4) is 0 Å². The van der Waals surface area contributed by atoms with E-state index in [9.17, 15) is 18.4 Å². The third-order valence-electron chi connectivity index (χ3n) is 5.07. The van der Waals surface area contributed by atoms with Crippen molar-refractivity contribution in [2.75, 3.05) is 13.2 Å². The summed E-state index contributed by atoms with van der Waals surface area (Å²) < 4.78 is 39.0. The Kier molecular flexibility index (Phi) is 11.2. The van der Waals surface area contributed by atoms with Crippen LogP contribution < -0.4 is 0 Å². The van der Waals surface area contributed by atoms with Crippen LogP contribution in [-0.4, -0.2) is 31.1 Å². The minimum Gasteiger partial charge on any atom is -0.463 e. The van der Waals surface area contributed by atoms with Gasteiger partial charge in [0.15, 0.2) is 0 Å². The monoisotopic (exact) mass is 458 g/mol. The van der Waals surface area contributed by atoms with Gasteiger partial charge in [-0.25, -0.2) is 9.59 Å². The Morgan fingerprint density at radius 1 is 1.03 bits per heavy atom. The van der Waals surface area contributed by atoms with Gasteiger partial charge in [-0.2, -0.15) is 8.78 Å². The highest BCUT2D eigenvalue weighted by molar-refractivity contribution is 6.30. The first kappa shape index (κ1) is 27.1. The minimum absolute atomic E-state index is 0.120. The van der Waals surface area contributed by atoms with Crippen molar-refractivity contribution >= 4 is 23.5 Å². The number of esters is 2. The Bertz CT molecular complexity index is 757. The first-order valence-corrected chi connectivity index (χ1v) is 11.1. The molecule has 31 heavy (non-hydrogen) atoms. The summed E-state index contributed by atoms with van der Waals surface area (Å²) in [5, 5.41) is 0.561. The summed E-state index contributed by atoms with van der Waals surface area (Å²) in [4.78, 5) is 24.5. The molecule has 1 aromatic carbocycles. The molecule has 174 valence electrons. The maximum atomic E-state index is 14.6. The average Bonchev–Trinajstić information content (AvgIpc) is 2.70. The van der Waals surface area contributed by atoms with Crippen LogP contribution in [0.4, 0.5) is 8.78 Å². The van der Waals surface area contributed by atoms with E-state index in [2.05, 4.69) is 4.74 Å². The maximum Gasteiger partial charge on any atom is 0.376 e. The van der Waals surface area contributed by atoms with E-state index in [4.69, 9.17) is 16.3 Å². The van der Waals surface area contributed by atoms with Crippen LogP contribution in [-0.2, 0) is 25.5 Å². The second-order valence-corrected chi connectivity index (χ2v) is 8.42. The molecule has 0 N–H and O–H groups in total. The molecule has 0 saturated heterocycles. The van der Waals surface area contributed by atoms with E-state index >= 15 is 0 Å². The van der Waals surface area contributed by atoms with Crippen LogP contribution in [0.25, 0.3) is 0 Å². The molecule has 0 aliphatic carbocycles. The fourth-order valence-electron chi connectivity index (χ4n) is 3.28. The summed E-state index contributed by atoms with van der Waals surface area (Å²) in [5.74, 6) is -6.10. The lowest BCUT2D eigenvalue weighted by Crippen LogP contribution is -2.34. The minimum atomic E-state index is -3.64. The molecule has 0 aliphatic heterocycles. The van der Waals surface area contributed by atoms with Gasteiger partial charge >= 0.3 is 17.9 Å². The SMILES string of the molecule is CCOC(=O)/C(Cc1ccc(Cl)cc1)=C(/C)C(CCC(C)C)CC(F)(F)C(=O)OCC. The summed E-state index contributed by atoms with van der Waals surface area (Å²) in [6, 6.07) is 6.98.